The number of carbonyl (C=O) groups is 1. The van der Waals surface area contributed by atoms with Crippen molar-refractivity contribution >= 4 is 17.7 Å². The van der Waals surface area contributed by atoms with Crippen LogP contribution in [-0.2, 0) is 4.79 Å². The van der Waals surface area contributed by atoms with Gasteiger partial charge in [-0.15, -0.1) is 11.8 Å². The number of carbonyl (C=O) groups excluding carboxylic acids is 1. The van der Waals surface area contributed by atoms with E-state index in [-0.39, 0.29) is 52.6 Å². The molecule has 2 fully saturated rings. The first-order valence-electron chi connectivity index (χ1n) is 10.5. The third kappa shape index (κ3) is 3.75. The van der Waals surface area contributed by atoms with Gasteiger partial charge in [0, 0.05) is 24.4 Å². The van der Waals surface area contributed by atoms with Crippen LogP contribution in [0.25, 0.3) is 0 Å². The van der Waals surface area contributed by atoms with Crippen molar-refractivity contribution in [3.8, 4) is 0 Å². The van der Waals surface area contributed by atoms with Crippen molar-refractivity contribution in [3.05, 3.63) is 46.6 Å². The van der Waals surface area contributed by atoms with Crippen LogP contribution in [0.1, 0.15) is 43.2 Å². The maximum atomic E-state index is 15.1. The molecule has 2 aliphatic heterocycles. The minimum Gasteiger partial charge on any atom is -0.392 e. The summed E-state index contributed by atoms with van der Waals surface area (Å²) in [5, 5.41) is 16.1. The second-order valence-electron chi connectivity index (χ2n) is 9.32. The number of aliphatic hydroxyl groups excluding tert-OH is 1. The minimum atomic E-state index is -0.537. The molecule has 4 rings (SSSR count). The highest BCUT2D eigenvalue weighted by molar-refractivity contribution is 8.03. The van der Waals surface area contributed by atoms with Gasteiger partial charge in [0.05, 0.1) is 11.4 Å². The summed E-state index contributed by atoms with van der Waals surface area (Å²) in [7, 11) is 3.98. The van der Waals surface area contributed by atoms with E-state index in [1.165, 1.54) is 0 Å². The number of halogens is 1. The van der Waals surface area contributed by atoms with Gasteiger partial charge < -0.3 is 15.3 Å². The zero-order chi connectivity index (χ0) is 20.9. The normalized spacial score (nSPS) is 37.2. The molecular weight excluding hydrogens is 387 g/mol. The second kappa shape index (κ2) is 8.05. The average molecular weight is 419 g/mol. The monoisotopic (exact) mass is 418 g/mol. The van der Waals surface area contributed by atoms with E-state index in [1.54, 1.807) is 17.8 Å². The zero-order valence-corrected chi connectivity index (χ0v) is 18.3. The molecule has 0 aromatic heterocycles. The van der Waals surface area contributed by atoms with Gasteiger partial charge in [-0.25, -0.2) is 4.39 Å². The van der Waals surface area contributed by atoms with Crippen molar-refractivity contribution in [2.75, 3.05) is 20.6 Å². The Balaban J connectivity index is 1.68. The fourth-order valence-electron chi connectivity index (χ4n) is 5.72. The number of nitrogens with zero attached hydrogens (tertiary/aromatic N) is 1. The number of piperidine rings is 1. The number of rotatable bonds is 4. The van der Waals surface area contributed by atoms with Gasteiger partial charge in [0.1, 0.15) is 5.82 Å². The number of likely N-dealkylation sites (N-methyl/N-ethyl adjacent to an activating group) is 1. The van der Waals surface area contributed by atoms with E-state index in [4.69, 9.17) is 0 Å². The summed E-state index contributed by atoms with van der Waals surface area (Å²) in [6.07, 6.45) is 2.19. The Bertz CT molecular complexity index is 814. The first-order valence-corrected chi connectivity index (χ1v) is 11.5. The number of fused-ring (bicyclic) bond motifs is 3. The summed E-state index contributed by atoms with van der Waals surface area (Å²) in [5.41, 5.74) is 1.56. The summed E-state index contributed by atoms with van der Waals surface area (Å²) < 4.78 is 15.1. The molecule has 0 spiro atoms. The summed E-state index contributed by atoms with van der Waals surface area (Å²) in [6.45, 7) is 4.91. The molecule has 1 aromatic rings. The second-order valence-corrected chi connectivity index (χ2v) is 10.4. The predicted molar refractivity (Wildman–Crippen MR) is 115 cm³/mol. The highest BCUT2D eigenvalue weighted by Gasteiger charge is 2.53. The highest BCUT2D eigenvalue weighted by atomic mass is 32.2. The summed E-state index contributed by atoms with van der Waals surface area (Å²) in [5.74, 6) is 0.151. The summed E-state index contributed by atoms with van der Waals surface area (Å²) >= 11 is 1.55. The first-order chi connectivity index (χ1) is 13.8. The van der Waals surface area contributed by atoms with Crippen molar-refractivity contribution in [1.82, 2.24) is 10.2 Å². The standard InChI is InChI=1S/C23H31FN2O2S/c1-12-9-18(27)19(20-16-7-8-29-22(16)23(28)25-21(12)20)14-5-6-15(17(24)10-14)13(2)11-26(3)4/h5-8,10,12-13,16,18-22,27H,9,11H2,1-4H3,(H,25,28)/t12?,13-,16?,18?,19?,20?,21?,22?/m0/s1. The van der Waals surface area contributed by atoms with Crippen LogP contribution < -0.4 is 5.32 Å². The third-order valence-electron chi connectivity index (χ3n) is 6.94. The minimum absolute atomic E-state index is 0.0101. The number of hydrogen-bond donors (Lipinski definition) is 2. The van der Waals surface area contributed by atoms with Crippen molar-refractivity contribution < 1.29 is 14.3 Å². The molecular formula is C23H31FN2O2S. The van der Waals surface area contributed by atoms with Crippen LogP contribution in [0.5, 0.6) is 0 Å². The first kappa shape index (κ1) is 20.9. The van der Waals surface area contributed by atoms with Crippen LogP contribution in [0, 0.1) is 23.6 Å². The molecule has 2 heterocycles. The zero-order valence-electron chi connectivity index (χ0n) is 17.5. The van der Waals surface area contributed by atoms with Crippen molar-refractivity contribution in [3.63, 3.8) is 0 Å². The largest absolute Gasteiger partial charge is 0.392 e. The molecule has 4 nitrogen and oxygen atoms in total. The smallest absolute Gasteiger partial charge is 0.234 e. The lowest BCUT2D eigenvalue weighted by molar-refractivity contribution is -0.128. The molecule has 1 saturated carbocycles. The molecule has 8 atom stereocenters. The molecule has 158 valence electrons. The number of amides is 1. The van der Waals surface area contributed by atoms with Gasteiger partial charge in [-0.3, -0.25) is 4.79 Å². The Kier molecular flexibility index (Phi) is 5.79. The van der Waals surface area contributed by atoms with Crippen molar-refractivity contribution in [2.45, 2.75) is 49.5 Å². The molecule has 1 aliphatic carbocycles. The lowest BCUT2D eigenvalue weighted by atomic mass is 9.60. The van der Waals surface area contributed by atoms with Crippen molar-refractivity contribution in [1.29, 1.82) is 0 Å². The number of allylic oxidation sites excluding steroid dienone is 1. The van der Waals surface area contributed by atoms with Gasteiger partial charge in [-0.05, 0) is 60.9 Å². The topological polar surface area (TPSA) is 52.6 Å². The van der Waals surface area contributed by atoms with Crippen LogP contribution >= 0.6 is 11.8 Å². The number of hydrogen-bond acceptors (Lipinski definition) is 4. The Labute approximate surface area is 176 Å². The fraction of sp³-hybridized carbons (Fsp3) is 0.609. The van der Waals surface area contributed by atoms with Crippen LogP contribution in [-0.4, -0.2) is 53.9 Å². The van der Waals surface area contributed by atoms with E-state index in [2.05, 4.69) is 23.2 Å². The molecule has 3 aliphatic rings. The van der Waals surface area contributed by atoms with Gasteiger partial charge in [-0.1, -0.05) is 32.1 Å². The third-order valence-corrected chi connectivity index (χ3v) is 8.07. The Morgan fingerprint density at radius 3 is 2.83 bits per heavy atom. The van der Waals surface area contributed by atoms with E-state index in [0.717, 1.165) is 12.1 Å². The fourth-order valence-corrected chi connectivity index (χ4v) is 6.80. The molecule has 6 heteroatoms. The van der Waals surface area contributed by atoms with Crippen LogP contribution in [0.3, 0.4) is 0 Å². The summed E-state index contributed by atoms with van der Waals surface area (Å²) in [6, 6.07) is 5.51. The maximum absolute atomic E-state index is 15.1. The molecule has 1 aromatic carbocycles. The molecule has 0 radical (unpaired) electrons. The van der Waals surface area contributed by atoms with E-state index in [9.17, 15) is 9.90 Å². The lowest BCUT2D eigenvalue weighted by Gasteiger charge is -2.51. The van der Waals surface area contributed by atoms with Crippen LogP contribution in [0.15, 0.2) is 29.7 Å². The number of nitrogens with one attached hydrogen (secondary N) is 1. The van der Waals surface area contributed by atoms with E-state index < -0.39 is 6.10 Å². The molecule has 0 bridgehead atoms. The van der Waals surface area contributed by atoms with Crippen LogP contribution in [0.2, 0.25) is 0 Å². The molecule has 29 heavy (non-hydrogen) atoms. The lowest BCUT2D eigenvalue weighted by Crippen LogP contribution is -2.62. The van der Waals surface area contributed by atoms with Gasteiger partial charge in [0.2, 0.25) is 5.91 Å². The van der Waals surface area contributed by atoms with Gasteiger partial charge >= 0.3 is 0 Å². The van der Waals surface area contributed by atoms with E-state index >= 15 is 4.39 Å². The van der Waals surface area contributed by atoms with Crippen LogP contribution in [0.4, 0.5) is 4.39 Å². The highest BCUT2D eigenvalue weighted by Crippen LogP contribution is 2.51. The Morgan fingerprint density at radius 1 is 1.38 bits per heavy atom. The number of aliphatic hydroxyl groups is 1. The number of thioether (sulfide) groups is 1. The van der Waals surface area contributed by atoms with Crippen molar-refractivity contribution in [2.24, 2.45) is 17.8 Å². The molecule has 1 amide bonds. The van der Waals surface area contributed by atoms with E-state index in [1.807, 2.05) is 38.6 Å². The maximum Gasteiger partial charge on any atom is 0.234 e. The SMILES string of the molecule is CC1CC(O)C(c2ccc([C@@H](C)CN(C)C)c(F)c2)C2C3C=CSC3C(=O)NC12. The van der Waals surface area contributed by atoms with Gasteiger partial charge in [0.25, 0.3) is 0 Å². The molecule has 7 unspecified atom stereocenters. The van der Waals surface area contributed by atoms with Gasteiger partial charge in [0.15, 0.2) is 0 Å². The molecule has 2 N–H and O–H groups in total. The Hall–Kier alpha value is -1.37. The quantitative estimate of drug-likeness (QED) is 0.788. The Morgan fingerprint density at radius 2 is 2.14 bits per heavy atom. The average Bonchev–Trinajstić information content (AvgIpc) is 3.12. The van der Waals surface area contributed by atoms with E-state index in [0.29, 0.717) is 12.0 Å². The summed E-state index contributed by atoms with van der Waals surface area (Å²) in [4.78, 5) is 14.6. The van der Waals surface area contributed by atoms with Gasteiger partial charge in [-0.2, -0.15) is 0 Å². The molecule has 1 saturated heterocycles. The number of benzene rings is 1. The predicted octanol–water partition coefficient (Wildman–Crippen LogP) is 3.34.